The highest BCUT2D eigenvalue weighted by Gasteiger charge is 2.48. The van der Waals surface area contributed by atoms with Crippen molar-refractivity contribution in [1.29, 1.82) is 0 Å². The summed E-state index contributed by atoms with van der Waals surface area (Å²) in [5.74, 6) is 0.229. The lowest BCUT2D eigenvalue weighted by Crippen LogP contribution is -2.45. The third-order valence-corrected chi connectivity index (χ3v) is 8.27. The van der Waals surface area contributed by atoms with Gasteiger partial charge in [-0.3, -0.25) is 14.5 Å². The summed E-state index contributed by atoms with van der Waals surface area (Å²) in [6.07, 6.45) is 3.23. The van der Waals surface area contributed by atoms with Crippen LogP contribution in [0.2, 0.25) is 0 Å². The maximum atomic E-state index is 13.8. The van der Waals surface area contributed by atoms with E-state index in [0.717, 1.165) is 36.9 Å². The Kier molecular flexibility index (Phi) is 10.9. The fraction of sp³-hybridized carbons (Fsp3) is 0.562. The van der Waals surface area contributed by atoms with E-state index in [0.29, 0.717) is 49.1 Å². The minimum absolute atomic E-state index is 0.0280. The average molecular weight is 584 g/mol. The van der Waals surface area contributed by atoms with Gasteiger partial charge >= 0.3 is 5.97 Å². The van der Waals surface area contributed by atoms with E-state index in [9.17, 15) is 14.7 Å². The van der Waals surface area contributed by atoms with Gasteiger partial charge in [-0.05, 0) is 69.2 Å². The van der Waals surface area contributed by atoms with E-state index in [2.05, 4.69) is 16.7 Å². The minimum atomic E-state index is -0.902. The van der Waals surface area contributed by atoms with Crippen LogP contribution in [0.15, 0.2) is 36.4 Å². The summed E-state index contributed by atoms with van der Waals surface area (Å²) in [6, 6.07) is 10.9. The van der Waals surface area contributed by atoms with Crippen LogP contribution in [0.4, 0.5) is 0 Å². The van der Waals surface area contributed by atoms with Crippen molar-refractivity contribution < 1.29 is 33.6 Å². The van der Waals surface area contributed by atoms with E-state index >= 15 is 0 Å². The number of carbonyl (C=O) groups is 2. The second kappa shape index (κ2) is 14.6. The monoisotopic (exact) mass is 583 g/mol. The van der Waals surface area contributed by atoms with Crippen LogP contribution < -0.4 is 18.9 Å². The summed E-state index contributed by atoms with van der Waals surface area (Å²) in [6.45, 7) is 5.02. The first-order valence-electron chi connectivity index (χ1n) is 14.8. The SMILES string of the molecule is CCCCN(CCCN(C)C)C(=O)CN1C[C@H](c2cc(OC)c3c(c2)OCO3)C(C(=O)O)[C@@H]1Cc1ccccc1OC. The summed E-state index contributed by atoms with van der Waals surface area (Å²) in [7, 11) is 7.23. The molecule has 10 heteroatoms. The molecule has 0 bridgehead atoms. The zero-order valence-electron chi connectivity index (χ0n) is 25.5. The molecule has 2 heterocycles. The number of fused-ring (bicyclic) bond motifs is 1. The van der Waals surface area contributed by atoms with Gasteiger partial charge in [0.15, 0.2) is 11.5 Å². The number of ether oxygens (including phenoxy) is 4. The number of aliphatic carboxylic acids is 1. The third-order valence-electron chi connectivity index (χ3n) is 8.27. The Morgan fingerprint density at radius 2 is 1.76 bits per heavy atom. The van der Waals surface area contributed by atoms with Gasteiger partial charge in [-0.2, -0.15) is 0 Å². The van der Waals surface area contributed by atoms with Gasteiger partial charge in [0.1, 0.15) is 5.75 Å². The third kappa shape index (κ3) is 7.28. The minimum Gasteiger partial charge on any atom is -0.496 e. The number of unbranched alkanes of at least 4 members (excludes halogenated alkanes) is 1. The molecule has 1 fully saturated rings. The standard InChI is InChI=1S/C32H45N3O7/c1-6-7-14-34(15-10-13-33(2)3)29(36)20-35-19-24(23-17-27(40-5)31-28(18-23)41-21-42-31)30(32(37)38)25(35)16-22-11-8-9-12-26(22)39-4/h8-9,11-12,17-18,24-25,30H,6-7,10,13-16,19-21H2,1-5H3,(H,37,38)/t24-,25+,30?/m1/s1. The van der Waals surface area contributed by atoms with E-state index in [1.165, 1.54) is 0 Å². The van der Waals surface area contributed by atoms with Crippen LogP contribution in [0.5, 0.6) is 23.0 Å². The molecular weight excluding hydrogens is 538 g/mol. The van der Waals surface area contributed by atoms with Crippen LogP contribution in [0.3, 0.4) is 0 Å². The van der Waals surface area contributed by atoms with Crippen LogP contribution in [-0.4, -0.2) is 106 Å². The number of amides is 1. The Hall–Kier alpha value is -3.50. The van der Waals surface area contributed by atoms with Gasteiger partial charge in [-0.15, -0.1) is 0 Å². The molecule has 2 aromatic carbocycles. The summed E-state index contributed by atoms with van der Waals surface area (Å²) in [5, 5.41) is 10.6. The van der Waals surface area contributed by atoms with Crippen LogP contribution >= 0.6 is 0 Å². The van der Waals surface area contributed by atoms with Gasteiger partial charge in [-0.25, -0.2) is 0 Å². The Morgan fingerprint density at radius 1 is 1.02 bits per heavy atom. The number of benzene rings is 2. The van der Waals surface area contributed by atoms with Gasteiger partial charge in [0.05, 0.1) is 26.7 Å². The molecule has 1 saturated heterocycles. The number of methoxy groups -OCH3 is 2. The maximum Gasteiger partial charge on any atom is 0.308 e. The van der Waals surface area contributed by atoms with Gasteiger partial charge in [-0.1, -0.05) is 31.5 Å². The summed E-state index contributed by atoms with van der Waals surface area (Å²) >= 11 is 0. The van der Waals surface area contributed by atoms with Gasteiger partial charge in [0, 0.05) is 31.6 Å². The van der Waals surface area contributed by atoms with Gasteiger partial charge in [0.25, 0.3) is 0 Å². The Morgan fingerprint density at radius 3 is 2.45 bits per heavy atom. The molecule has 0 aromatic heterocycles. The average Bonchev–Trinajstić information content (AvgIpc) is 3.59. The Balaban J connectivity index is 1.67. The van der Waals surface area contributed by atoms with Crippen molar-refractivity contribution in [1.82, 2.24) is 14.7 Å². The number of carboxylic acid groups (broad SMARTS) is 1. The zero-order valence-corrected chi connectivity index (χ0v) is 25.5. The fourth-order valence-corrected chi connectivity index (χ4v) is 6.11. The van der Waals surface area contributed by atoms with E-state index in [1.54, 1.807) is 14.2 Å². The smallest absolute Gasteiger partial charge is 0.308 e. The predicted octanol–water partition coefficient (Wildman–Crippen LogP) is 3.72. The normalized spacial score (nSPS) is 19.7. The lowest BCUT2D eigenvalue weighted by atomic mass is 9.83. The molecule has 1 N–H and O–H groups in total. The Labute approximate surface area is 249 Å². The first-order chi connectivity index (χ1) is 20.3. The molecule has 1 amide bonds. The van der Waals surface area contributed by atoms with E-state index in [4.69, 9.17) is 18.9 Å². The van der Waals surface area contributed by atoms with Crippen molar-refractivity contribution in [2.24, 2.45) is 5.92 Å². The molecule has 2 aliphatic rings. The van der Waals surface area contributed by atoms with Crippen LogP contribution in [0.25, 0.3) is 0 Å². The van der Waals surface area contributed by atoms with E-state index < -0.39 is 23.8 Å². The van der Waals surface area contributed by atoms with E-state index in [-0.39, 0.29) is 19.2 Å². The number of nitrogens with zero attached hydrogens (tertiary/aromatic N) is 3. The maximum absolute atomic E-state index is 13.8. The summed E-state index contributed by atoms with van der Waals surface area (Å²) < 4.78 is 22.4. The molecule has 0 aliphatic carbocycles. The second-order valence-corrected chi connectivity index (χ2v) is 11.3. The zero-order chi connectivity index (χ0) is 30.2. The van der Waals surface area contributed by atoms with Crippen molar-refractivity contribution in [3.8, 4) is 23.0 Å². The highest BCUT2D eigenvalue weighted by Crippen LogP contribution is 2.47. The number of hydrogen-bond acceptors (Lipinski definition) is 8. The van der Waals surface area contributed by atoms with Gasteiger partial charge < -0.3 is 33.9 Å². The van der Waals surface area contributed by atoms with Crippen molar-refractivity contribution in [2.75, 3.05) is 67.8 Å². The van der Waals surface area contributed by atoms with Crippen molar-refractivity contribution in [3.05, 3.63) is 47.5 Å². The second-order valence-electron chi connectivity index (χ2n) is 11.3. The number of likely N-dealkylation sites (tertiary alicyclic amines) is 1. The quantitative estimate of drug-likeness (QED) is 0.336. The lowest BCUT2D eigenvalue weighted by molar-refractivity contribution is -0.143. The molecule has 230 valence electrons. The molecule has 2 aliphatic heterocycles. The predicted molar refractivity (Wildman–Crippen MR) is 160 cm³/mol. The molecule has 2 aromatic rings. The van der Waals surface area contributed by atoms with Crippen LogP contribution in [-0.2, 0) is 16.0 Å². The summed E-state index contributed by atoms with van der Waals surface area (Å²) in [4.78, 5) is 32.9. The number of rotatable bonds is 15. The van der Waals surface area contributed by atoms with Crippen molar-refractivity contribution in [3.63, 3.8) is 0 Å². The molecule has 3 atom stereocenters. The number of carboxylic acids is 1. The molecule has 4 rings (SSSR count). The number of hydrogen-bond donors (Lipinski definition) is 1. The van der Waals surface area contributed by atoms with E-state index in [1.807, 2.05) is 55.4 Å². The first kappa shape index (κ1) is 31.4. The molecule has 0 radical (unpaired) electrons. The topological polar surface area (TPSA) is 101 Å². The summed E-state index contributed by atoms with van der Waals surface area (Å²) in [5.41, 5.74) is 1.70. The fourth-order valence-electron chi connectivity index (χ4n) is 6.11. The number of carbonyl (C=O) groups excluding carboxylic acids is 1. The van der Waals surface area contributed by atoms with Gasteiger partial charge in [0.2, 0.25) is 18.4 Å². The highest BCUT2D eigenvalue weighted by molar-refractivity contribution is 5.79. The molecule has 10 nitrogen and oxygen atoms in total. The van der Waals surface area contributed by atoms with Crippen molar-refractivity contribution in [2.45, 2.75) is 44.6 Å². The van der Waals surface area contributed by atoms with Crippen LogP contribution in [0, 0.1) is 5.92 Å². The van der Waals surface area contributed by atoms with Crippen molar-refractivity contribution >= 4 is 11.9 Å². The lowest BCUT2D eigenvalue weighted by Gasteiger charge is -2.30. The Bertz CT molecular complexity index is 1220. The number of para-hydroxylation sites is 1. The molecule has 1 unspecified atom stereocenters. The van der Waals surface area contributed by atoms with Crippen LogP contribution in [0.1, 0.15) is 43.2 Å². The molecular formula is C32H45N3O7. The largest absolute Gasteiger partial charge is 0.496 e. The highest BCUT2D eigenvalue weighted by atomic mass is 16.7. The first-order valence-corrected chi connectivity index (χ1v) is 14.8. The molecule has 0 spiro atoms. The molecule has 42 heavy (non-hydrogen) atoms. The molecule has 0 saturated carbocycles.